The van der Waals surface area contributed by atoms with Crippen molar-refractivity contribution in [3.8, 4) is 5.75 Å². The molecule has 8 heteroatoms. The smallest absolute Gasteiger partial charge is 0.210 e. The zero-order valence-electron chi connectivity index (χ0n) is 11.9. The molecule has 2 aromatic rings. The summed E-state index contributed by atoms with van der Waals surface area (Å²) < 4.78 is 6.70. The molecule has 0 aliphatic rings. The third-order valence-electron chi connectivity index (χ3n) is 3.12. The molecule has 23 heavy (non-hydrogen) atoms. The summed E-state index contributed by atoms with van der Waals surface area (Å²) in [6.45, 7) is 2.27. The van der Waals surface area contributed by atoms with Gasteiger partial charge in [-0.2, -0.15) is 0 Å². The van der Waals surface area contributed by atoms with Crippen molar-refractivity contribution in [1.29, 1.82) is 0 Å². The third-order valence-corrected chi connectivity index (χ3v) is 6.31. The minimum absolute atomic E-state index is 0.0672. The summed E-state index contributed by atoms with van der Waals surface area (Å²) in [5.41, 5.74) is 1.48. The summed E-state index contributed by atoms with van der Waals surface area (Å²) in [6.07, 6.45) is 0.647. The van der Waals surface area contributed by atoms with E-state index in [1.54, 1.807) is 18.2 Å². The minimum atomic E-state index is -0.0811. The fourth-order valence-corrected chi connectivity index (χ4v) is 4.36. The number of benzene rings is 1. The Morgan fingerprint density at radius 3 is 2.61 bits per heavy atom. The number of rotatable bonds is 5. The lowest BCUT2D eigenvalue weighted by atomic mass is 10.2. The zero-order valence-corrected chi connectivity index (χ0v) is 18.2. The molecule has 1 unspecified atom stereocenters. The summed E-state index contributed by atoms with van der Waals surface area (Å²) in [6, 6.07) is 5.09. The second kappa shape index (κ2) is 8.39. The Hall–Kier alpha value is -0.0100. The normalized spacial score (nSPS) is 12.3. The number of pyridine rings is 1. The summed E-state index contributed by atoms with van der Waals surface area (Å²) >= 11 is 22.1. The number of alkyl halides is 1. The van der Waals surface area contributed by atoms with E-state index >= 15 is 0 Å². The maximum Gasteiger partial charge on any atom is 0.210 e. The van der Waals surface area contributed by atoms with E-state index in [4.69, 9.17) is 27.9 Å². The number of H-pyrrole nitrogens is 1. The standard InChI is InChI=1S/C15H12Br3Cl2NO2/c1-7-12(17)15(22)13(18)14(21-7)9(16)4-5-23-11-3-2-8(19)6-10(11)20/h2-3,6,9H,4-5H2,1H3,(H,21,22). The van der Waals surface area contributed by atoms with Gasteiger partial charge in [-0.15, -0.1) is 0 Å². The summed E-state index contributed by atoms with van der Waals surface area (Å²) in [5, 5.41) is 1.03. The van der Waals surface area contributed by atoms with Gasteiger partial charge < -0.3 is 9.72 Å². The second-order valence-electron chi connectivity index (χ2n) is 4.80. The van der Waals surface area contributed by atoms with Gasteiger partial charge in [0, 0.05) is 16.4 Å². The van der Waals surface area contributed by atoms with Gasteiger partial charge in [-0.25, -0.2) is 0 Å². The molecule has 0 fully saturated rings. The van der Waals surface area contributed by atoms with Crippen molar-refractivity contribution in [2.45, 2.75) is 18.2 Å². The number of nitrogens with one attached hydrogen (secondary N) is 1. The number of aromatic amines is 1. The molecule has 1 N–H and O–H groups in total. The lowest BCUT2D eigenvalue weighted by Gasteiger charge is -2.15. The van der Waals surface area contributed by atoms with E-state index in [0.717, 1.165) is 11.4 Å². The van der Waals surface area contributed by atoms with Crippen molar-refractivity contribution >= 4 is 71.0 Å². The first kappa shape index (κ1) is 19.3. The van der Waals surface area contributed by atoms with Crippen LogP contribution in [0.3, 0.4) is 0 Å². The van der Waals surface area contributed by atoms with Crippen LogP contribution < -0.4 is 10.2 Å². The topological polar surface area (TPSA) is 42.1 Å². The average molecular weight is 549 g/mol. The van der Waals surface area contributed by atoms with E-state index in [1.165, 1.54) is 0 Å². The lowest BCUT2D eigenvalue weighted by Crippen LogP contribution is -2.13. The molecule has 0 saturated heterocycles. The molecule has 2 rings (SSSR count). The Morgan fingerprint density at radius 2 is 1.96 bits per heavy atom. The van der Waals surface area contributed by atoms with Crippen LogP contribution in [0.2, 0.25) is 10.0 Å². The second-order valence-corrected chi connectivity index (χ2v) is 8.34. The Labute approximate surface area is 169 Å². The van der Waals surface area contributed by atoms with Crippen LogP contribution in [-0.4, -0.2) is 11.6 Å². The van der Waals surface area contributed by atoms with Gasteiger partial charge in [-0.05, 0) is 63.4 Å². The molecule has 0 aliphatic carbocycles. The highest BCUT2D eigenvalue weighted by atomic mass is 79.9. The Kier molecular flexibility index (Phi) is 7.04. The first-order valence-corrected chi connectivity index (χ1v) is 9.86. The summed E-state index contributed by atoms with van der Waals surface area (Å²) in [5.74, 6) is 0.579. The minimum Gasteiger partial charge on any atom is -0.492 e. The van der Waals surface area contributed by atoms with Crippen molar-refractivity contribution in [2.24, 2.45) is 0 Å². The van der Waals surface area contributed by atoms with E-state index < -0.39 is 0 Å². The molecule has 0 aliphatic heterocycles. The number of aryl methyl sites for hydroxylation is 1. The van der Waals surface area contributed by atoms with Crippen LogP contribution in [0.1, 0.15) is 22.6 Å². The summed E-state index contributed by atoms with van der Waals surface area (Å²) in [4.78, 5) is 15.2. The van der Waals surface area contributed by atoms with Gasteiger partial charge in [-0.3, -0.25) is 4.79 Å². The molecule has 0 radical (unpaired) electrons. The molecule has 3 nitrogen and oxygen atoms in total. The van der Waals surface area contributed by atoms with Gasteiger partial charge in [0.1, 0.15) is 5.75 Å². The number of hydrogen-bond acceptors (Lipinski definition) is 2. The molecular formula is C15H12Br3Cl2NO2. The molecule has 124 valence electrons. The molecule has 0 amide bonds. The number of halogens is 5. The number of hydrogen-bond donors (Lipinski definition) is 1. The van der Waals surface area contributed by atoms with Gasteiger partial charge in [0.25, 0.3) is 0 Å². The highest BCUT2D eigenvalue weighted by Gasteiger charge is 2.17. The Morgan fingerprint density at radius 1 is 1.26 bits per heavy atom. The molecular weight excluding hydrogens is 537 g/mol. The van der Waals surface area contributed by atoms with Gasteiger partial charge in [0.15, 0.2) is 0 Å². The van der Waals surface area contributed by atoms with Crippen LogP contribution in [0, 0.1) is 6.92 Å². The maximum atomic E-state index is 12.1. The predicted octanol–water partition coefficient (Wildman–Crippen LogP) is 6.42. The van der Waals surface area contributed by atoms with E-state index in [9.17, 15) is 4.79 Å². The number of aromatic nitrogens is 1. The quantitative estimate of drug-likeness (QED) is 0.438. The fraction of sp³-hybridized carbons (Fsp3) is 0.267. The van der Waals surface area contributed by atoms with Crippen LogP contribution in [0.5, 0.6) is 5.75 Å². The van der Waals surface area contributed by atoms with Crippen LogP contribution in [0.15, 0.2) is 31.9 Å². The largest absolute Gasteiger partial charge is 0.492 e. The van der Waals surface area contributed by atoms with Crippen molar-refractivity contribution in [3.05, 3.63) is 58.8 Å². The SMILES string of the molecule is Cc1[nH]c(C(Br)CCOc2ccc(Cl)cc2Cl)c(Br)c(=O)c1Br. The van der Waals surface area contributed by atoms with Gasteiger partial charge in [0.05, 0.1) is 25.4 Å². The Bertz CT molecular complexity index is 780. The molecule has 1 atom stereocenters. The van der Waals surface area contributed by atoms with Gasteiger partial charge in [-0.1, -0.05) is 39.1 Å². The molecule has 1 aromatic heterocycles. The first-order valence-electron chi connectivity index (χ1n) is 6.61. The first-order chi connectivity index (χ1) is 10.8. The van der Waals surface area contributed by atoms with Crippen LogP contribution in [-0.2, 0) is 0 Å². The maximum absolute atomic E-state index is 12.1. The summed E-state index contributed by atoms with van der Waals surface area (Å²) in [7, 11) is 0. The fourth-order valence-electron chi connectivity index (χ4n) is 1.93. The van der Waals surface area contributed by atoms with Crippen molar-refractivity contribution in [1.82, 2.24) is 4.98 Å². The van der Waals surface area contributed by atoms with E-state index in [0.29, 0.717) is 37.8 Å². The van der Waals surface area contributed by atoms with Gasteiger partial charge in [0.2, 0.25) is 5.43 Å². The highest BCUT2D eigenvalue weighted by Crippen LogP contribution is 2.32. The molecule has 1 aromatic carbocycles. The average Bonchev–Trinajstić information content (AvgIpc) is 2.50. The molecule has 0 spiro atoms. The van der Waals surface area contributed by atoms with Crippen LogP contribution in [0.4, 0.5) is 0 Å². The molecule has 0 bridgehead atoms. The zero-order chi connectivity index (χ0) is 17.1. The van der Waals surface area contributed by atoms with Crippen molar-refractivity contribution in [3.63, 3.8) is 0 Å². The third kappa shape index (κ3) is 4.75. The highest BCUT2D eigenvalue weighted by molar-refractivity contribution is 9.11. The van der Waals surface area contributed by atoms with Crippen molar-refractivity contribution in [2.75, 3.05) is 6.61 Å². The molecule has 0 saturated carbocycles. The van der Waals surface area contributed by atoms with Crippen LogP contribution in [0.25, 0.3) is 0 Å². The molecule has 1 heterocycles. The monoisotopic (exact) mass is 545 g/mol. The van der Waals surface area contributed by atoms with E-state index in [2.05, 4.69) is 52.8 Å². The Balaban J connectivity index is 2.06. The van der Waals surface area contributed by atoms with Crippen LogP contribution >= 0.6 is 71.0 Å². The number of ether oxygens (including phenoxy) is 1. The predicted molar refractivity (Wildman–Crippen MR) is 105 cm³/mol. The van der Waals surface area contributed by atoms with E-state index in [-0.39, 0.29) is 10.3 Å². The van der Waals surface area contributed by atoms with E-state index in [1.807, 2.05) is 6.92 Å². The van der Waals surface area contributed by atoms with Crippen molar-refractivity contribution < 1.29 is 4.74 Å². The van der Waals surface area contributed by atoms with Gasteiger partial charge >= 0.3 is 0 Å². The lowest BCUT2D eigenvalue weighted by molar-refractivity contribution is 0.310.